The molecule has 90 valence electrons. The quantitative estimate of drug-likeness (QED) is 0.614. The van der Waals surface area contributed by atoms with Crippen LogP contribution in [0.1, 0.15) is 17.2 Å². The Labute approximate surface area is 97.7 Å². The number of rotatable bonds is 2. The monoisotopic (exact) mass is 236 g/mol. The summed E-state index contributed by atoms with van der Waals surface area (Å²) in [4.78, 5) is 3.85. The topological polar surface area (TPSA) is 107 Å². The first-order valence-corrected chi connectivity index (χ1v) is 5.15. The van der Waals surface area contributed by atoms with E-state index < -0.39 is 24.4 Å². The number of pyridine rings is 1. The number of aliphatic hydroxyl groups is 3. The van der Waals surface area contributed by atoms with Crippen molar-refractivity contribution in [3.63, 3.8) is 0 Å². The Balaban J connectivity index is 2.26. The van der Waals surface area contributed by atoms with Crippen LogP contribution in [0.25, 0.3) is 0 Å². The van der Waals surface area contributed by atoms with E-state index in [0.29, 0.717) is 11.1 Å². The minimum absolute atomic E-state index is 0.347. The second kappa shape index (κ2) is 4.77. The lowest BCUT2D eigenvalue weighted by molar-refractivity contribution is -0.0228. The van der Waals surface area contributed by atoms with Crippen LogP contribution < -0.4 is 0 Å². The van der Waals surface area contributed by atoms with E-state index in [4.69, 9.17) is 15.1 Å². The number of nitrogens with zero attached hydrogens (tertiary/aromatic N) is 2. The second-order valence-corrected chi connectivity index (χ2v) is 3.88. The van der Waals surface area contributed by atoms with E-state index in [1.807, 2.05) is 6.07 Å². The molecule has 2 rings (SSSR count). The van der Waals surface area contributed by atoms with Crippen LogP contribution in [0.5, 0.6) is 0 Å². The van der Waals surface area contributed by atoms with E-state index >= 15 is 0 Å². The highest BCUT2D eigenvalue weighted by molar-refractivity contribution is 5.31. The van der Waals surface area contributed by atoms with E-state index in [-0.39, 0.29) is 6.61 Å². The standard InChI is InChI=1S/C11H12N2O4/c12-2-6-1-7(4-13-3-6)11-10(16)9(15)8(5-14)17-11/h1,3-4,8-11,14-16H,5H2/t8-,9-,10-,11+/m1/s1. The Kier molecular flexibility index (Phi) is 3.36. The predicted molar refractivity (Wildman–Crippen MR) is 55.7 cm³/mol. The first-order valence-electron chi connectivity index (χ1n) is 5.15. The summed E-state index contributed by atoms with van der Waals surface area (Å²) in [5.41, 5.74) is 0.854. The normalized spacial score (nSPS) is 32.4. The molecule has 1 aliphatic heterocycles. The van der Waals surface area contributed by atoms with Crippen LogP contribution in [-0.4, -0.2) is 45.2 Å². The Bertz CT molecular complexity index is 445. The highest BCUT2D eigenvalue weighted by Gasteiger charge is 2.43. The van der Waals surface area contributed by atoms with Crippen LogP contribution in [0.2, 0.25) is 0 Å². The van der Waals surface area contributed by atoms with Crippen LogP contribution in [0, 0.1) is 11.3 Å². The number of hydrogen-bond donors (Lipinski definition) is 3. The first-order chi connectivity index (χ1) is 8.17. The summed E-state index contributed by atoms with van der Waals surface area (Å²) in [5, 5.41) is 37.1. The zero-order valence-electron chi connectivity index (χ0n) is 8.89. The molecule has 1 fully saturated rings. The Morgan fingerprint density at radius 1 is 1.35 bits per heavy atom. The molecule has 0 unspecified atom stereocenters. The van der Waals surface area contributed by atoms with Crippen molar-refractivity contribution in [2.45, 2.75) is 24.4 Å². The summed E-state index contributed by atoms with van der Waals surface area (Å²) in [6, 6.07) is 3.47. The van der Waals surface area contributed by atoms with Crippen molar-refractivity contribution in [3.8, 4) is 6.07 Å². The molecular weight excluding hydrogens is 224 g/mol. The van der Waals surface area contributed by atoms with Gasteiger partial charge in [-0.15, -0.1) is 0 Å². The molecule has 6 nitrogen and oxygen atoms in total. The molecule has 17 heavy (non-hydrogen) atoms. The Morgan fingerprint density at radius 3 is 2.71 bits per heavy atom. The Hall–Kier alpha value is -1.52. The van der Waals surface area contributed by atoms with Crippen molar-refractivity contribution in [2.24, 2.45) is 0 Å². The molecule has 0 radical (unpaired) electrons. The molecule has 0 spiro atoms. The van der Waals surface area contributed by atoms with E-state index in [1.165, 1.54) is 18.5 Å². The van der Waals surface area contributed by atoms with E-state index in [0.717, 1.165) is 0 Å². The van der Waals surface area contributed by atoms with E-state index in [1.54, 1.807) is 0 Å². The highest BCUT2D eigenvalue weighted by atomic mass is 16.6. The number of hydrogen-bond acceptors (Lipinski definition) is 6. The molecule has 1 aromatic rings. The fourth-order valence-electron chi connectivity index (χ4n) is 1.85. The van der Waals surface area contributed by atoms with Crippen LogP contribution >= 0.6 is 0 Å². The van der Waals surface area contributed by atoms with Crippen LogP contribution in [0.3, 0.4) is 0 Å². The predicted octanol–water partition coefficient (Wildman–Crippen LogP) is -0.893. The van der Waals surface area contributed by atoms with Crippen molar-refractivity contribution in [2.75, 3.05) is 6.61 Å². The van der Waals surface area contributed by atoms with Gasteiger partial charge in [-0.3, -0.25) is 4.98 Å². The number of aromatic nitrogens is 1. The lowest BCUT2D eigenvalue weighted by Gasteiger charge is -2.14. The minimum Gasteiger partial charge on any atom is -0.394 e. The zero-order chi connectivity index (χ0) is 12.4. The maximum absolute atomic E-state index is 9.78. The molecule has 2 heterocycles. The Morgan fingerprint density at radius 2 is 2.12 bits per heavy atom. The summed E-state index contributed by atoms with van der Waals surface area (Å²) in [6.45, 7) is -0.375. The van der Waals surface area contributed by atoms with E-state index in [2.05, 4.69) is 4.98 Å². The molecule has 0 aliphatic carbocycles. The molecule has 1 aromatic heterocycles. The summed E-state index contributed by atoms with van der Waals surface area (Å²) in [6.07, 6.45) is -1.02. The molecule has 0 amide bonds. The van der Waals surface area contributed by atoms with Gasteiger partial charge in [0.2, 0.25) is 0 Å². The summed E-state index contributed by atoms with van der Waals surface area (Å²) < 4.78 is 5.32. The van der Waals surface area contributed by atoms with Gasteiger partial charge in [-0.05, 0) is 6.07 Å². The van der Waals surface area contributed by atoms with Gasteiger partial charge < -0.3 is 20.1 Å². The molecule has 1 aliphatic rings. The number of nitriles is 1. The molecule has 6 heteroatoms. The van der Waals surface area contributed by atoms with Crippen molar-refractivity contribution in [1.82, 2.24) is 4.98 Å². The van der Waals surface area contributed by atoms with Gasteiger partial charge in [-0.1, -0.05) is 0 Å². The van der Waals surface area contributed by atoms with Gasteiger partial charge in [0.15, 0.2) is 0 Å². The van der Waals surface area contributed by atoms with Crippen molar-refractivity contribution < 1.29 is 20.1 Å². The van der Waals surface area contributed by atoms with Gasteiger partial charge in [0.25, 0.3) is 0 Å². The maximum Gasteiger partial charge on any atom is 0.113 e. The third-order valence-electron chi connectivity index (χ3n) is 2.76. The molecule has 1 saturated heterocycles. The van der Waals surface area contributed by atoms with Gasteiger partial charge in [0.05, 0.1) is 12.2 Å². The molecule has 0 bridgehead atoms. The molecule has 0 aromatic carbocycles. The molecule has 4 atom stereocenters. The largest absolute Gasteiger partial charge is 0.394 e. The fourth-order valence-corrected chi connectivity index (χ4v) is 1.85. The van der Waals surface area contributed by atoms with Crippen molar-refractivity contribution >= 4 is 0 Å². The minimum atomic E-state index is -1.14. The fraction of sp³-hybridized carbons (Fsp3) is 0.455. The summed E-state index contributed by atoms with van der Waals surface area (Å²) >= 11 is 0. The second-order valence-electron chi connectivity index (χ2n) is 3.88. The average Bonchev–Trinajstić information content (AvgIpc) is 2.66. The molecule has 3 N–H and O–H groups in total. The van der Waals surface area contributed by atoms with Crippen molar-refractivity contribution in [3.05, 3.63) is 29.6 Å². The third-order valence-corrected chi connectivity index (χ3v) is 2.76. The van der Waals surface area contributed by atoms with E-state index in [9.17, 15) is 10.2 Å². The number of ether oxygens (including phenoxy) is 1. The summed E-state index contributed by atoms with van der Waals surface area (Å²) in [7, 11) is 0. The SMILES string of the molecule is N#Cc1cncc([C@@H]2O[C@H](CO)[C@@H](O)[C@H]2O)c1. The zero-order valence-corrected chi connectivity index (χ0v) is 8.89. The number of aliphatic hydroxyl groups excluding tert-OH is 3. The van der Waals surface area contributed by atoms with Gasteiger partial charge in [0.1, 0.15) is 30.5 Å². The summed E-state index contributed by atoms with van der Waals surface area (Å²) in [5.74, 6) is 0. The average molecular weight is 236 g/mol. The van der Waals surface area contributed by atoms with Crippen LogP contribution in [0.15, 0.2) is 18.5 Å². The lowest BCUT2D eigenvalue weighted by Crippen LogP contribution is -2.32. The molecular formula is C11H12N2O4. The molecule has 0 saturated carbocycles. The smallest absolute Gasteiger partial charge is 0.113 e. The van der Waals surface area contributed by atoms with Gasteiger partial charge in [-0.2, -0.15) is 5.26 Å². The first kappa shape index (κ1) is 12.0. The lowest BCUT2D eigenvalue weighted by atomic mass is 10.0. The van der Waals surface area contributed by atoms with Crippen LogP contribution in [-0.2, 0) is 4.74 Å². The van der Waals surface area contributed by atoms with Crippen LogP contribution in [0.4, 0.5) is 0 Å². The highest BCUT2D eigenvalue weighted by Crippen LogP contribution is 2.33. The third kappa shape index (κ3) is 2.14. The van der Waals surface area contributed by atoms with Gasteiger partial charge in [0, 0.05) is 18.0 Å². The van der Waals surface area contributed by atoms with Gasteiger partial charge >= 0.3 is 0 Å². The van der Waals surface area contributed by atoms with Gasteiger partial charge in [-0.25, -0.2) is 0 Å². The maximum atomic E-state index is 9.78. The van der Waals surface area contributed by atoms with Crippen molar-refractivity contribution in [1.29, 1.82) is 5.26 Å².